The SMILES string of the molecule is O=C(CCS(=O)(=O)c1ccccc1)N[C@H]1CCOC2(CCOCC2)C1. The van der Waals surface area contributed by atoms with E-state index < -0.39 is 9.84 Å². The Kier molecular flexibility index (Phi) is 5.76. The van der Waals surface area contributed by atoms with Crippen LogP contribution in [0.25, 0.3) is 0 Å². The van der Waals surface area contributed by atoms with Crippen molar-refractivity contribution in [3.63, 3.8) is 0 Å². The van der Waals surface area contributed by atoms with Crippen LogP contribution in [0.1, 0.15) is 32.1 Å². The van der Waals surface area contributed by atoms with Gasteiger partial charge in [0.05, 0.1) is 16.2 Å². The highest BCUT2D eigenvalue weighted by atomic mass is 32.2. The van der Waals surface area contributed by atoms with Gasteiger partial charge in [-0.25, -0.2) is 8.42 Å². The normalized spacial score (nSPS) is 23.3. The first-order chi connectivity index (χ1) is 12.0. The van der Waals surface area contributed by atoms with Crippen LogP contribution in [0.4, 0.5) is 0 Å². The summed E-state index contributed by atoms with van der Waals surface area (Å²) in [4.78, 5) is 12.5. The Morgan fingerprint density at radius 3 is 2.60 bits per heavy atom. The molecule has 0 radical (unpaired) electrons. The van der Waals surface area contributed by atoms with Gasteiger partial charge in [-0.15, -0.1) is 0 Å². The first-order valence-electron chi connectivity index (χ1n) is 8.78. The molecule has 1 aromatic rings. The Balaban J connectivity index is 1.51. The lowest BCUT2D eigenvalue weighted by Crippen LogP contribution is -2.51. The van der Waals surface area contributed by atoms with Crippen LogP contribution < -0.4 is 5.32 Å². The van der Waals surface area contributed by atoms with Gasteiger partial charge in [-0.05, 0) is 37.8 Å². The summed E-state index contributed by atoms with van der Waals surface area (Å²) in [6.07, 6.45) is 3.21. The van der Waals surface area contributed by atoms with Crippen molar-refractivity contribution in [1.82, 2.24) is 5.32 Å². The molecule has 1 atom stereocenters. The standard InChI is InChI=1S/C18H25NO5S/c20-17(7-13-25(21,22)16-4-2-1-3-5-16)19-15-6-10-24-18(14-15)8-11-23-12-9-18/h1-5,15H,6-14H2,(H,19,20)/t15-/m0/s1. The molecule has 0 saturated carbocycles. The molecule has 3 rings (SSSR count). The van der Waals surface area contributed by atoms with E-state index in [0.29, 0.717) is 19.8 Å². The largest absolute Gasteiger partial charge is 0.381 e. The van der Waals surface area contributed by atoms with Gasteiger partial charge >= 0.3 is 0 Å². The van der Waals surface area contributed by atoms with Gasteiger partial charge in [-0.3, -0.25) is 4.79 Å². The monoisotopic (exact) mass is 367 g/mol. The molecule has 1 N–H and O–H groups in total. The number of sulfone groups is 1. The molecule has 6 nitrogen and oxygen atoms in total. The van der Waals surface area contributed by atoms with Gasteiger partial charge < -0.3 is 14.8 Å². The highest BCUT2D eigenvalue weighted by Crippen LogP contribution is 2.34. The Morgan fingerprint density at radius 1 is 1.16 bits per heavy atom. The number of amides is 1. The van der Waals surface area contributed by atoms with E-state index in [1.54, 1.807) is 30.3 Å². The molecule has 0 unspecified atom stereocenters. The summed E-state index contributed by atoms with van der Waals surface area (Å²) in [5, 5.41) is 2.99. The van der Waals surface area contributed by atoms with Crippen molar-refractivity contribution in [3.05, 3.63) is 30.3 Å². The molecule has 7 heteroatoms. The van der Waals surface area contributed by atoms with Gasteiger partial charge in [0.1, 0.15) is 0 Å². The van der Waals surface area contributed by atoms with Crippen LogP contribution in [-0.4, -0.2) is 51.5 Å². The van der Waals surface area contributed by atoms with Crippen LogP contribution in [-0.2, 0) is 24.1 Å². The lowest BCUT2D eigenvalue weighted by molar-refractivity contribution is -0.143. The van der Waals surface area contributed by atoms with Crippen LogP contribution in [0.5, 0.6) is 0 Å². The number of carbonyl (C=O) groups is 1. The summed E-state index contributed by atoms with van der Waals surface area (Å²) < 4.78 is 35.9. The van der Waals surface area contributed by atoms with E-state index >= 15 is 0 Å². The van der Waals surface area contributed by atoms with Crippen LogP contribution in [0.15, 0.2) is 35.2 Å². The molecule has 2 aliphatic heterocycles. The Bertz CT molecular complexity index is 677. The molecule has 2 heterocycles. The maximum atomic E-state index is 12.3. The number of hydrogen-bond acceptors (Lipinski definition) is 5. The Morgan fingerprint density at radius 2 is 1.88 bits per heavy atom. The molecule has 138 valence electrons. The van der Waals surface area contributed by atoms with Gasteiger partial charge in [0.15, 0.2) is 9.84 Å². The fourth-order valence-corrected chi connectivity index (χ4v) is 4.78. The van der Waals surface area contributed by atoms with Gasteiger partial charge in [0.25, 0.3) is 0 Å². The average molecular weight is 367 g/mol. The van der Waals surface area contributed by atoms with Gasteiger partial charge in [-0.2, -0.15) is 0 Å². The minimum Gasteiger partial charge on any atom is -0.381 e. The molecule has 0 bridgehead atoms. The third-order valence-corrected chi connectivity index (χ3v) is 6.69. The van der Waals surface area contributed by atoms with Crippen LogP contribution >= 0.6 is 0 Å². The molecule has 2 aliphatic rings. The zero-order valence-electron chi connectivity index (χ0n) is 14.3. The summed E-state index contributed by atoms with van der Waals surface area (Å²) in [7, 11) is -3.43. The van der Waals surface area contributed by atoms with E-state index in [2.05, 4.69) is 5.32 Å². The van der Waals surface area contributed by atoms with Crippen molar-refractivity contribution in [2.75, 3.05) is 25.6 Å². The number of nitrogens with one attached hydrogen (secondary N) is 1. The van der Waals surface area contributed by atoms with Crippen LogP contribution in [0, 0.1) is 0 Å². The van der Waals surface area contributed by atoms with Crippen molar-refractivity contribution in [1.29, 1.82) is 0 Å². The lowest BCUT2D eigenvalue weighted by Gasteiger charge is -2.43. The lowest BCUT2D eigenvalue weighted by atomic mass is 9.84. The van der Waals surface area contributed by atoms with Crippen molar-refractivity contribution >= 4 is 15.7 Å². The summed E-state index contributed by atoms with van der Waals surface area (Å²) in [5.41, 5.74) is -0.190. The number of carbonyl (C=O) groups excluding carboxylic acids is 1. The van der Waals surface area contributed by atoms with E-state index in [9.17, 15) is 13.2 Å². The quantitative estimate of drug-likeness (QED) is 0.857. The molecule has 0 aliphatic carbocycles. The second kappa shape index (κ2) is 7.85. The second-order valence-corrected chi connectivity index (χ2v) is 8.89. The second-order valence-electron chi connectivity index (χ2n) is 6.78. The first-order valence-corrected chi connectivity index (χ1v) is 10.4. The number of rotatable bonds is 5. The topological polar surface area (TPSA) is 81.7 Å². The minimum absolute atomic E-state index is 0.0231. The highest BCUT2D eigenvalue weighted by molar-refractivity contribution is 7.91. The van der Waals surface area contributed by atoms with Gasteiger partial charge in [0, 0.05) is 32.3 Å². The number of ether oxygens (including phenoxy) is 2. The van der Waals surface area contributed by atoms with Crippen molar-refractivity contribution in [3.8, 4) is 0 Å². The molecular formula is C18H25NO5S. The maximum Gasteiger partial charge on any atom is 0.221 e. The number of hydrogen-bond donors (Lipinski definition) is 1. The molecule has 25 heavy (non-hydrogen) atoms. The number of benzene rings is 1. The van der Waals surface area contributed by atoms with Crippen molar-refractivity contribution in [2.24, 2.45) is 0 Å². The van der Waals surface area contributed by atoms with Crippen LogP contribution in [0.3, 0.4) is 0 Å². The fourth-order valence-electron chi connectivity index (χ4n) is 3.52. The van der Waals surface area contributed by atoms with E-state index in [1.807, 2.05) is 0 Å². The fraction of sp³-hybridized carbons (Fsp3) is 0.611. The first kappa shape index (κ1) is 18.4. The van der Waals surface area contributed by atoms with Crippen LogP contribution in [0.2, 0.25) is 0 Å². The van der Waals surface area contributed by atoms with E-state index in [1.165, 1.54) is 0 Å². The summed E-state index contributed by atoms with van der Waals surface area (Å²) in [6, 6.07) is 8.29. The van der Waals surface area contributed by atoms with Crippen molar-refractivity contribution in [2.45, 2.75) is 48.6 Å². The summed E-state index contributed by atoms with van der Waals surface area (Å²) >= 11 is 0. The van der Waals surface area contributed by atoms with Gasteiger partial charge in [-0.1, -0.05) is 18.2 Å². The third kappa shape index (κ3) is 4.80. The summed E-state index contributed by atoms with van der Waals surface area (Å²) in [5.74, 6) is -0.390. The van der Waals surface area contributed by atoms with E-state index in [-0.39, 0.29) is 34.6 Å². The Hall–Kier alpha value is -1.44. The van der Waals surface area contributed by atoms with Gasteiger partial charge in [0.2, 0.25) is 5.91 Å². The molecule has 2 fully saturated rings. The minimum atomic E-state index is -3.43. The summed E-state index contributed by atoms with van der Waals surface area (Å²) in [6.45, 7) is 2.00. The predicted molar refractivity (Wildman–Crippen MR) is 93.0 cm³/mol. The molecular weight excluding hydrogens is 342 g/mol. The predicted octanol–water partition coefficient (Wildman–Crippen LogP) is 1.69. The zero-order valence-corrected chi connectivity index (χ0v) is 15.1. The molecule has 1 spiro atoms. The highest BCUT2D eigenvalue weighted by Gasteiger charge is 2.39. The molecule has 0 aromatic heterocycles. The molecule has 2 saturated heterocycles. The third-order valence-electron chi connectivity index (χ3n) is 4.96. The van der Waals surface area contributed by atoms with E-state index in [4.69, 9.17) is 9.47 Å². The molecule has 1 aromatic carbocycles. The van der Waals surface area contributed by atoms with Crippen molar-refractivity contribution < 1.29 is 22.7 Å². The Labute approximate surface area is 148 Å². The van der Waals surface area contributed by atoms with E-state index in [0.717, 1.165) is 25.7 Å². The maximum absolute atomic E-state index is 12.3. The zero-order chi connectivity index (χ0) is 17.8. The average Bonchev–Trinajstić information content (AvgIpc) is 2.62. The molecule has 1 amide bonds. The smallest absolute Gasteiger partial charge is 0.221 e.